The number of alkyl halides is 3. The van der Waals surface area contributed by atoms with Crippen LogP contribution in [0.15, 0.2) is 48.5 Å². The largest absolute Gasteiger partial charge is 0.454 e. The Labute approximate surface area is 221 Å². The van der Waals surface area contributed by atoms with Crippen LogP contribution in [0.5, 0.6) is 23.0 Å². The molecular formula is C28H23F3N2O6. The molecule has 7 rings (SSSR count). The molecule has 4 aliphatic rings. The summed E-state index contributed by atoms with van der Waals surface area (Å²) >= 11 is 0. The van der Waals surface area contributed by atoms with E-state index in [2.05, 4.69) is 10.2 Å². The molecule has 0 fully saturated rings. The van der Waals surface area contributed by atoms with Gasteiger partial charge in [-0.3, -0.25) is 10.2 Å². The fourth-order valence-corrected chi connectivity index (χ4v) is 6.12. The quantitative estimate of drug-likeness (QED) is 0.453. The highest BCUT2D eigenvalue weighted by atomic mass is 19.4. The van der Waals surface area contributed by atoms with Gasteiger partial charge in [-0.1, -0.05) is 12.1 Å². The Balaban J connectivity index is 1.26. The van der Waals surface area contributed by atoms with Crippen molar-refractivity contribution < 1.29 is 41.7 Å². The first-order valence-corrected chi connectivity index (χ1v) is 12.4. The molecule has 0 aromatic heterocycles. The molecule has 3 atom stereocenters. The van der Waals surface area contributed by atoms with Crippen LogP contribution >= 0.6 is 0 Å². The molecule has 0 radical (unpaired) electrons. The maximum absolute atomic E-state index is 13.2. The van der Waals surface area contributed by atoms with Crippen molar-refractivity contribution in [2.45, 2.75) is 37.2 Å². The Morgan fingerprint density at radius 3 is 2.56 bits per heavy atom. The summed E-state index contributed by atoms with van der Waals surface area (Å²) in [6.45, 7) is 0.850. The van der Waals surface area contributed by atoms with E-state index in [1.54, 1.807) is 0 Å². The SMILES string of the molecule is CN1Cc2c(ccc3c2OCO3)C2C(OC(=O)Nc3cccc(C(F)(F)F)c3)Cc3cc4c(cc3C21)OCO4. The van der Waals surface area contributed by atoms with Gasteiger partial charge in [0.1, 0.15) is 6.10 Å². The summed E-state index contributed by atoms with van der Waals surface area (Å²) in [5.41, 5.74) is 3.08. The van der Waals surface area contributed by atoms with Gasteiger partial charge in [-0.2, -0.15) is 13.2 Å². The summed E-state index contributed by atoms with van der Waals surface area (Å²) in [4.78, 5) is 15.3. The van der Waals surface area contributed by atoms with Crippen LogP contribution < -0.4 is 24.3 Å². The molecule has 39 heavy (non-hydrogen) atoms. The van der Waals surface area contributed by atoms with Gasteiger partial charge in [0.15, 0.2) is 23.0 Å². The Kier molecular flexibility index (Phi) is 5.35. The summed E-state index contributed by atoms with van der Waals surface area (Å²) in [5.74, 6) is 2.36. The Morgan fingerprint density at radius 2 is 1.74 bits per heavy atom. The topological polar surface area (TPSA) is 78.5 Å². The van der Waals surface area contributed by atoms with E-state index < -0.39 is 23.9 Å². The summed E-state index contributed by atoms with van der Waals surface area (Å²) < 4.78 is 68.2. The van der Waals surface area contributed by atoms with Crippen LogP contribution in [0, 0.1) is 0 Å². The smallest absolute Gasteiger partial charge is 0.416 e. The van der Waals surface area contributed by atoms with Crippen molar-refractivity contribution in [3.8, 4) is 23.0 Å². The van der Waals surface area contributed by atoms with E-state index in [0.29, 0.717) is 36.0 Å². The molecule has 0 bridgehead atoms. The van der Waals surface area contributed by atoms with Crippen LogP contribution in [0.25, 0.3) is 0 Å². The van der Waals surface area contributed by atoms with Gasteiger partial charge in [-0.05, 0) is 60.1 Å². The van der Waals surface area contributed by atoms with Crippen LogP contribution in [0.4, 0.5) is 23.7 Å². The molecule has 3 heterocycles. The molecule has 0 saturated heterocycles. The van der Waals surface area contributed by atoms with Crippen molar-refractivity contribution in [3.63, 3.8) is 0 Å². The maximum Gasteiger partial charge on any atom is 0.416 e. The van der Waals surface area contributed by atoms with Gasteiger partial charge in [0.05, 0.1) is 5.56 Å². The molecule has 8 nitrogen and oxygen atoms in total. The first kappa shape index (κ1) is 24.0. The molecular weight excluding hydrogens is 517 g/mol. The zero-order chi connectivity index (χ0) is 26.9. The fourth-order valence-electron chi connectivity index (χ4n) is 6.12. The highest BCUT2D eigenvalue weighted by Crippen LogP contribution is 2.54. The van der Waals surface area contributed by atoms with Crippen molar-refractivity contribution in [2.24, 2.45) is 0 Å². The highest BCUT2D eigenvalue weighted by molar-refractivity contribution is 5.85. The number of carbonyl (C=O) groups excluding carboxylic acids is 1. The molecule has 1 N–H and O–H groups in total. The van der Waals surface area contributed by atoms with Gasteiger partial charge in [0.25, 0.3) is 0 Å². The lowest BCUT2D eigenvalue weighted by atomic mass is 9.70. The number of anilines is 1. The second-order valence-electron chi connectivity index (χ2n) is 10.0. The molecule has 0 spiro atoms. The summed E-state index contributed by atoms with van der Waals surface area (Å²) in [6, 6.07) is 12.0. The van der Waals surface area contributed by atoms with E-state index in [1.165, 1.54) is 12.1 Å². The number of carbonyl (C=O) groups is 1. The number of nitrogens with zero attached hydrogens (tertiary/aromatic N) is 1. The van der Waals surface area contributed by atoms with E-state index in [9.17, 15) is 18.0 Å². The lowest BCUT2D eigenvalue weighted by Crippen LogP contribution is -2.45. The van der Waals surface area contributed by atoms with Crippen LogP contribution in [-0.2, 0) is 23.9 Å². The van der Waals surface area contributed by atoms with Crippen molar-refractivity contribution in [1.29, 1.82) is 0 Å². The second-order valence-corrected chi connectivity index (χ2v) is 10.0. The van der Waals surface area contributed by atoms with Gasteiger partial charge in [-0.15, -0.1) is 0 Å². The molecule has 3 unspecified atom stereocenters. The number of nitrogens with one attached hydrogen (secondary N) is 1. The highest BCUT2D eigenvalue weighted by Gasteiger charge is 2.47. The number of amides is 1. The number of rotatable bonds is 2. The number of halogens is 3. The second kappa shape index (κ2) is 8.70. The van der Waals surface area contributed by atoms with Crippen molar-refractivity contribution in [3.05, 3.63) is 76.3 Å². The predicted octanol–water partition coefficient (Wildman–Crippen LogP) is 5.61. The van der Waals surface area contributed by atoms with Crippen LogP contribution in [0.2, 0.25) is 0 Å². The first-order valence-electron chi connectivity index (χ1n) is 12.4. The monoisotopic (exact) mass is 540 g/mol. The first-order chi connectivity index (χ1) is 18.8. The van der Waals surface area contributed by atoms with E-state index in [0.717, 1.165) is 34.4 Å². The summed E-state index contributed by atoms with van der Waals surface area (Å²) in [5, 5.41) is 2.48. The molecule has 1 amide bonds. The minimum Gasteiger partial charge on any atom is -0.454 e. The fraction of sp³-hybridized carbons (Fsp3) is 0.321. The Bertz CT molecular complexity index is 1490. The predicted molar refractivity (Wildman–Crippen MR) is 131 cm³/mol. The van der Waals surface area contributed by atoms with Crippen molar-refractivity contribution in [2.75, 3.05) is 26.0 Å². The molecule has 202 valence electrons. The molecule has 1 aliphatic carbocycles. The number of hydrogen-bond donors (Lipinski definition) is 1. The number of benzene rings is 3. The molecule has 3 aromatic rings. The van der Waals surface area contributed by atoms with Crippen LogP contribution in [0.3, 0.4) is 0 Å². The maximum atomic E-state index is 13.2. The van der Waals surface area contributed by atoms with Gasteiger partial charge in [-0.25, -0.2) is 4.79 Å². The average Bonchev–Trinajstić information content (AvgIpc) is 3.56. The van der Waals surface area contributed by atoms with Crippen molar-refractivity contribution in [1.82, 2.24) is 4.90 Å². The van der Waals surface area contributed by atoms with E-state index >= 15 is 0 Å². The zero-order valence-electron chi connectivity index (χ0n) is 20.7. The normalized spacial score (nSPS) is 22.5. The third-order valence-electron chi connectivity index (χ3n) is 7.73. The minimum absolute atomic E-state index is 0.00418. The summed E-state index contributed by atoms with van der Waals surface area (Å²) in [6.07, 6.45) is -5.62. The van der Waals surface area contributed by atoms with Crippen LogP contribution in [0.1, 0.15) is 39.8 Å². The lowest BCUT2D eigenvalue weighted by Gasteiger charge is -2.47. The van der Waals surface area contributed by atoms with Crippen LogP contribution in [-0.4, -0.2) is 37.7 Å². The third kappa shape index (κ3) is 3.99. The van der Waals surface area contributed by atoms with E-state index in [-0.39, 0.29) is 31.2 Å². The number of ether oxygens (including phenoxy) is 5. The lowest BCUT2D eigenvalue weighted by molar-refractivity contribution is -0.137. The molecule has 3 aliphatic heterocycles. The molecule has 11 heteroatoms. The van der Waals surface area contributed by atoms with E-state index in [1.807, 2.05) is 31.3 Å². The van der Waals surface area contributed by atoms with Gasteiger partial charge < -0.3 is 23.7 Å². The molecule has 3 aromatic carbocycles. The standard InChI is InChI=1S/C28H23F3N2O6/c1-33-11-19-17(5-6-20-26(19)38-13-35-20)24-23(8-14-7-21-22(37-12-36-21)10-18(14)25(24)33)39-27(34)32-16-4-2-3-15(9-16)28(29,30)31/h2-7,9-10,23-25H,8,11-13H2,1H3,(H,32,34). The number of hydrogen-bond acceptors (Lipinski definition) is 7. The van der Waals surface area contributed by atoms with Crippen molar-refractivity contribution >= 4 is 11.8 Å². The number of fused-ring (bicyclic) bond motifs is 8. The van der Waals surface area contributed by atoms with Gasteiger partial charge in [0, 0.05) is 36.2 Å². The Hall–Kier alpha value is -4.12. The third-order valence-corrected chi connectivity index (χ3v) is 7.73. The van der Waals surface area contributed by atoms with Gasteiger partial charge >= 0.3 is 12.3 Å². The molecule has 0 saturated carbocycles. The number of likely N-dealkylation sites (N-methyl/N-ethyl adjacent to an activating group) is 1. The van der Waals surface area contributed by atoms with Gasteiger partial charge in [0.2, 0.25) is 13.6 Å². The zero-order valence-corrected chi connectivity index (χ0v) is 20.7. The minimum atomic E-state index is -4.53. The average molecular weight is 540 g/mol. The van der Waals surface area contributed by atoms with E-state index in [4.69, 9.17) is 23.7 Å². The summed E-state index contributed by atoms with van der Waals surface area (Å²) in [7, 11) is 2.00. The Morgan fingerprint density at radius 1 is 0.974 bits per heavy atom.